The molecule has 0 amide bonds. The zero-order chi connectivity index (χ0) is 13.0. The Morgan fingerprint density at radius 2 is 1.39 bits per heavy atom. The molecule has 0 aliphatic heterocycles. The molecular formula is C15H15F2N. The number of hydrogen-bond acceptors (Lipinski definition) is 1. The third-order valence-electron chi connectivity index (χ3n) is 2.82. The van der Waals surface area contributed by atoms with E-state index in [1.807, 2.05) is 42.5 Å². The molecule has 0 aliphatic carbocycles. The van der Waals surface area contributed by atoms with Crippen molar-refractivity contribution in [2.24, 2.45) is 5.73 Å². The topological polar surface area (TPSA) is 26.0 Å². The minimum absolute atomic E-state index is 0.307. The molecule has 2 aromatic carbocycles. The van der Waals surface area contributed by atoms with Crippen molar-refractivity contribution in [1.29, 1.82) is 0 Å². The second-order valence-electron chi connectivity index (χ2n) is 4.30. The SMILES string of the molecule is NCC(F)(F)Cc1ccc(-c2ccccc2)cc1. The lowest BCUT2D eigenvalue weighted by atomic mass is 10.0. The molecule has 0 unspecified atom stereocenters. The Hall–Kier alpha value is -1.74. The summed E-state index contributed by atoms with van der Waals surface area (Å²) >= 11 is 0. The molecule has 0 bridgehead atoms. The molecule has 2 rings (SSSR count). The molecule has 0 saturated heterocycles. The molecule has 0 aromatic heterocycles. The van der Waals surface area contributed by atoms with E-state index in [0.717, 1.165) is 11.1 Å². The first-order valence-corrected chi connectivity index (χ1v) is 5.83. The lowest BCUT2D eigenvalue weighted by Gasteiger charge is -2.13. The van der Waals surface area contributed by atoms with Gasteiger partial charge in [-0.1, -0.05) is 54.6 Å². The van der Waals surface area contributed by atoms with Gasteiger partial charge in [0.15, 0.2) is 0 Å². The maximum Gasteiger partial charge on any atom is 0.264 e. The van der Waals surface area contributed by atoms with Crippen molar-refractivity contribution in [2.75, 3.05) is 6.54 Å². The van der Waals surface area contributed by atoms with Crippen molar-refractivity contribution < 1.29 is 8.78 Å². The van der Waals surface area contributed by atoms with Gasteiger partial charge in [-0.2, -0.15) is 0 Å². The highest BCUT2D eigenvalue weighted by molar-refractivity contribution is 5.63. The van der Waals surface area contributed by atoms with Crippen molar-refractivity contribution in [3.63, 3.8) is 0 Å². The van der Waals surface area contributed by atoms with E-state index in [2.05, 4.69) is 0 Å². The summed E-state index contributed by atoms with van der Waals surface area (Å²) in [6.07, 6.45) is -0.307. The summed E-state index contributed by atoms with van der Waals surface area (Å²) < 4.78 is 26.3. The Labute approximate surface area is 105 Å². The van der Waals surface area contributed by atoms with Crippen LogP contribution < -0.4 is 5.73 Å². The summed E-state index contributed by atoms with van der Waals surface area (Å²) in [7, 11) is 0. The van der Waals surface area contributed by atoms with Gasteiger partial charge >= 0.3 is 0 Å². The fraction of sp³-hybridized carbons (Fsp3) is 0.200. The highest BCUT2D eigenvalue weighted by Gasteiger charge is 2.26. The number of rotatable bonds is 4. The molecule has 0 atom stereocenters. The van der Waals surface area contributed by atoms with Crippen LogP contribution in [0.3, 0.4) is 0 Å². The van der Waals surface area contributed by atoms with Gasteiger partial charge in [0.05, 0.1) is 6.54 Å². The lowest BCUT2D eigenvalue weighted by molar-refractivity contribution is 0.0115. The van der Waals surface area contributed by atoms with Crippen molar-refractivity contribution in [2.45, 2.75) is 12.3 Å². The quantitative estimate of drug-likeness (QED) is 0.879. The molecule has 2 aromatic rings. The maximum absolute atomic E-state index is 13.1. The van der Waals surface area contributed by atoms with Crippen LogP contribution in [0.1, 0.15) is 5.56 Å². The summed E-state index contributed by atoms with van der Waals surface area (Å²) in [6.45, 7) is -0.618. The van der Waals surface area contributed by atoms with Gasteiger partial charge in [-0.3, -0.25) is 0 Å². The van der Waals surface area contributed by atoms with Gasteiger partial charge in [-0.15, -0.1) is 0 Å². The second-order valence-corrected chi connectivity index (χ2v) is 4.30. The molecule has 0 spiro atoms. The fourth-order valence-corrected chi connectivity index (χ4v) is 1.82. The maximum atomic E-state index is 13.1. The van der Waals surface area contributed by atoms with Gasteiger partial charge in [-0.05, 0) is 16.7 Å². The molecule has 0 heterocycles. The van der Waals surface area contributed by atoms with Crippen molar-refractivity contribution in [1.82, 2.24) is 0 Å². The van der Waals surface area contributed by atoms with E-state index in [1.165, 1.54) is 0 Å². The largest absolute Gasteiger partial charge is 0.325 e. The molecule has 2 N–H and O–H groups in total. The summed E-state index contributed by atoms with van der Waals surface area (Å²) in [4.78, 5) is 0. The Balaban J connectivity index is 2.16. The number of halogens is 2. The monoisotopic (exact) mass is 247 g/mol. The smallest absolute Gasteiger partial charge is 0.264 e. The van der Waals surface area contributed by atoms with Crippen molar-refractivity contribution >= 4 is 0 Å². The van der Waals surface area contributed by atoms with Crippen molar-refractivity contribution in [3.05, 3.63) is 60.2 Å². The van der Waals surface area contributed by atoms with Crippen LogP contribution in [0.25, 0.3) is 11.1 Å². The van der Waals surface area contributed by atoms with Crippen LogP contribution in [0.2, 0.25) is 0 Å². The van der Waals surface area contributed by atoms with E-state index in [9.17, 15) is 8.78 Å². The molecule has 1 nitrogen and oxygen atoms in total. The van der Waals surface area contributed by atoms with E-state index < -0.39 is 12.5 Å². The minimum Gasteiger partial charge on any atom is -0.325 e. The third kappa shape index (κ3) is 3.14. The predicted octanol–water partition coefficient (Wildman–Crippen LogP) is 3.49. The number of benzene rings is 2. The standard InChI is InChI=1S/C15H15F2N/c16-15(17,11-18)10-12-6-8-14(9-7-12)13-4-2-1-3-5-13/h1-9H,10-11,18H2. The number of alkyl halides is 2. The third-order valence-corrected chi connectivity index (χ3v) is 2.82. The Bertz CT molecular complexity index is 492. The van der Waals surface area contributed by atoms with Gasteiger partial charge in [0.25, 0.3) is 5.92 Å². The number of hydrogen-bond donors (Lipinski definition) is 1. The first kappa shape index (κ1) is 12.7. The van der Waals surface area contributed by atoms with Crippen LogP contribution in [-0.4, -0.2) is 12.5 Å². The summed E-state index contributed by atoms with van der Waals surface area (Å²) in [5.74, 6) is -2.83. The minimum atomic E-state index is -2.83. The Kier molecular flexibility index (Phi) is 3.72. The Morgan fingerprint density at radius 1 is 0.833 bits per heavy atom. The average molecular weight is 247 g/mol. The molecule has 0 aliphatic rings. The van der Waals surface area contributed by atoms with Gasteiger partial charge in [0.1, 0.15) is 0 Å². The molecule has 0 fully saturated rings. The zero-order valence-corrected chi connectivity index (χ0v) is 9.94. The van der Waals surface area contributed by atoms with E-state index in [-0.39, 0.29) is 6.42 Å². The van der Waals surface area contributed by atoms with Gasteiger partial charge in [-0.25, -0.2) is 8.78 Å². The molecule has 0 radical (unpaired) electrons. The van der Waals surface area contributed by atoms with Crippen LogP contribution in [0.4, 0.5) is 8.78 Å². The fourth-order valence-electron chi connectivity index (χ4n) is 1.82. The zero-order valence-electron chi connectivity index (χ0n) is 9.94. The van der Waals surface area contributed by atoms with Gasteiger partial charge in [0.2, 0.25) is 0 Å². The second kappa shape index (κ2) is 5.27. The van der Waals surface area contributed by atoms with Crippen LogP contribution in [-0.2, 0) is 6.42 Å². The van der Waals surface area contributed by atoms with Crippen LogP contribution >= 0.6 is 0 Å². The Morgan fingerprint density at radius 3 is 1.94 bits per heavy atom. The van der Waals surface area contributed by atoms with E-state index in [4.69, 9.17) is 5.73 Å². The van der Waals surface area contributed by atoms with E-state index in [1.54, 1.807) is 12.1 Å². The molecule has 18 heavy (non-hydrogen) atoms. The summed E-state index contributed by atoms with van der Waals surface area (Å²) in [5, 5.41) is 0. The highest BCUT2D eigenvalue weighted by atomic mass is 19.3. The normalized spacial score (nSPS) is 11.5. The highest BCUT2D eigenvalue weighted by Crippen LogP contribution is 2.22. The first-order chi connectivity index (χ1) is 8.61. The van der Waals surface area contributed by atoms with Crippen LogP contribution in [0, 0.1) is 0 Å². The van der Waals surface area contributed by atoms with E-state index in [0.29, 0.717) is 5.56 Å². The predicted molar refractivity (Wildman–Crippen MR) is 69.6 cm³/mol. The molecular weight excluding hydrogens is 232 g/mol. The van der Waals surface area contributed by atoms with Gasteiger partial charge < -0.3 is 5.73 Å². The first-order valence-electron chi connectivity index (χ1n) is 5.83. The van der Waals surface area contributed by atoms with Crippen molar-refractivity contribution in [3.8, 4) is 11.1 Å². The lowest BCUT2D eigenvalue weighted by Crippen LogP contribution is -2.30. The number of nitrogens with two attached hydrogens (primary N) is 1. The van der Waals surface area contributed by atoms with Gasteiger partial charge in [0, 0.05) is 6.42 Å². The average Bonchev–Trinajstić information content (AvgIpc) is 2.40. The van der Waals surface area contributed by atoms with E-state index >= 15 is 0 Å². The molecule has 94 valence electrons. The summed E-state index contributed by atoms with van der Waals surface area (Å²) in [6, 6.07) is 17.0. The molecule has 0 saturated carbocycles. The van der Waals surface area contributed by atoms with Crippen LogP contribution in [0.5, 0.6) is 0 Å². The summed E-state index contributed by atoms with van der Waals surface area (Å²) in [5.41, 5.74) is 7.73. The molecule has 3 heteroatoms. The van der Waals surface area contributed by atoms with Crippen LogP contribution in [0.15, 0.2) is 54.6 Å².